The van der Waals surface area contributed by atoms with Gasteiger partial charge in [0.05, 0.1) is 16.0 Å². The molecule has 3 rings (SSSR count). The van der Waals surface area contributed by atoms with Crippen LogP contribution in [0.2, 0.25) is 0 Å². The van der Waals surface area contributed by atoms with Crippen molar-refractivity contribution >= 4 is 27.0 Å². The van der Waals surface area contributed by atoms with E-state index in [0.717, 1.165) is 18.4 Å². The number of Topliss-reactive ketones (excluding diaryl/α,β-unsaturated/α-hetero) is 1. The van der Waals surface area contributed by atoms with Gasteiger partial charge in [-0.1, -0.05) is 19.1 Å². The molecule has 1 unspecified atom stereocenters. The van der Waals surface area contributed by atoms with Gasteiger partial charge in [0.15, 0.2) is 15.4 Å². The van der Waals surface area contributed by atoms with Crippen LogP contribution in [0, 0.1) is 0 Å². The Morgan fingerprint density at radius 1 is 0.966 bits per heavy atom. The average Bonchev–Trinajstić information content (AvgIpc) is 2.92. The molecule has 0 bridgehead atoms. The van der Waals surface area contributed by atoms with Crippen LogP contribution >= 0.6 is 0 Å². The molecule has 0 saturated heterocycles. The fourth-order valence-electron chi connectivity index (χ4n) is 3.07. The highest BCUT2D eigenvalue weighted by Crippen LogP contribution is 2.43. The standard InChI is InChI=1S/C21H19F3O4S/c1-4-20(2)19(25)17(13-5-9-15(10-6-13)21(22,23)24)18(28-20)14-7-11-16(12-8-14)29(3,26)27/h5-12H,4H2,1-3H3. The Morgan fingerprint density at radius 2 is 1.48 bits per heavy atom. The van der Waals surface area contributed by atoms with Crippen molar-refractivity contribution in [2.24, 2.45) is 0 Å². The third-order valence-corrected chi connectivity index (χ3v) is 6.11. The molecule has 0 radical (unpaired) electrons. The zero-order valence-corrected chi connectivity index (χ0v) is 16.8. The van der Waals surface area contributed by atoms with Crippen LogP contribution in [0.25, 0.3) is 11.3 Å². The molecule has 29 heavy (non-hydrogen) atoms. The summed E-state index contributed by atoms with van der Waals surface area (Å²) in [6, 6.07) is 10.2. The number of ether oxygens (including phenoxy) is 1. The minimum atomic E-state index is -4.48. The molecule has 1 heterocycles. The van der Waals surface area contributed by atoms with Gasteiger partial charge in [-0.3, -0.25) is 4.79 Å². The molecule has 154 valence electrons. The predicted octanol–water partition coefficient (Wildman–Crippen LogP) is 4.75. The van der Waals surface area contributed by atoms with E-state index in [2.05, 4.69) is 0 Å². The van der Waals surface area contributed by atoms with E-state index in [4.69, 9.17) is 4.74 Å². The van der Waals surface area contributed by atoms with E-state index in [0.29, 0.717) is 17.5 Å². The lowest BCUT2D eigenvalue weighted by molar-refractivity contribution is -0.137. The van der Waals surface area contributed by atoms with Crippen LogP contribution in [0.15, 0.2) is 53.4 Å². The van der Waals surface area contributed by atoms with E-state index in [1.165, 1.54) is 36.4 Å². The van der Waals surface area contributed by atoms with Crippen LogP contribution in [0.1, 0.15) is 37.0 Å². The van der Waals surface area contributed by atoms with Gasteiger partial charge >= 0.3 is 6.18 Å². The molecule has 0 spiro atoms. The van der Waals surface area contributed by atoms with Crippen LogP contribution < -0.4 is 0 Å². The fourth-order valence-corrected chi connectivity index (χ4v) is 3.70. The quantitative estimate of drug-likeness (QED) is 0.711. The smallest absolute Gasteiger partial charge is 0.416 e. The van der Waals surface area contributed by atoms with Crippen molar-refractivity contribution in [1.29, 1.82) is 0 Å². The minimum absolute atomic E-state index is 0.112. The molecule has 0 saturated carbocycles. The predicted molar refractivity (Wildman–Crippen MR) is 103 cm³/mol. The van der Waals surface area contributed by atoms with Crippen molar-refractivity contribution in [3.05, 3.63) is 65.2 Å². The van der Waals surface area contributed by atoms with Crippen molar-refractivity contribution in [3.8, 4) is 0 Å². The monoisotopic (exact) mass is 424 g/mol. The first-order chi connectivity index (χ1) is 13.4. The van der Waals surface area contributed by atoms with Gasteiger partial charge in [-0.2, -0.15) is 13.2 Å². The van der Waals surface area contributed by atoms with Crippen LogP contribution in [0.3, 0.4) is 0 Å². The molecule has 1 aliphatic rings. The third-order valence-electron chi connectivity index (χ3n) is 4.98. The number of carbonyl (C=O) groups excluding carboxylic acids is 1. The van der Waals surface area contributed by atoms with Gasteiger partial charge in [0.25, 0.3) is 0 Å². The molecule has 1 aliphatic heterocycles. The maximum Gasteiger partial charge on any atom is 0.416 e. The molecule has 0 amide bonds. The zero-order chi connectivity index (χ0) is 21.6. The summed E-state index contributed by atoms with van der Waals surface area (Å²) in [6.07, 6.45) is -3.04. The number of alkyl halides is 3. The van der Waals surface area contributed by atoms with E-state index >= 15 is 0 Å². The number of sulfone groups is 1. The second-order valence-electron chi connectivity index (χ2n) is 7.09. The van der Waals surface area contributed by atoms with Gasteiger partial charge in [-0.15, -0.1) is 0 Å². The number of rotatable bonds is 4. The molecule has 0 N–H and O–H groups in total. The van der Waals surface area contributed by atoms with E-state index in [1.54, 1.807) is 13.8 Å². The largest absolute Gasteiger partial charge is 0.478 e. The van der Waals surface area contributed by atoms with Crippen LogP contribution in [-0.4, -0.2) is 26.1 Å². The zero-order valence-electron chi connectivity index (χ0n) is 16.0. The Bertz CT molecular complexity index is 1080. The summed E-state index contributed by atoms with van der Waals surface area (Å²) in [4.78, 5) is 13.2. The third kappa shape index (κ3) is 3.94. The SMILES string of the molecule is CCC1(C)OC(c2ccc(S(C)(=O)=O)cc2)=C(c2ccc(C(F)(F)F)cc2)C1=O. The first-order valence-electron chi connectivity index (χ1n) is 8.83. The lowest BCUT2D eigenvalue weighted by Crippen LogP contribution is -2.32. The number of halogens is 3. The van der Waals surface area contributed by atoms with Crippen LogP contribution in [-0.2, 0) is 25.5 Å². The highest BCUT2D eigenvalue weighted by atomic mass is 32.2. The summed E-state index contributed by atoms with van der Waals surface area (Å²) in [7, 11) is -3.40. The second kappa shape index (κ2) is 7.02. The van der Waals surface area contributed by atoms with E-state index < -0.39 is 27.2 Å². The lowest BCUT2D eigenvalue weighted by Gasteiger charge is -2.21. The average molecular weight is 424 g/mol. The summed E-state index contributed by atoms with van der Waals surface area (Å²) in [5, 5.41) is 0. The molecule has 2 aromatic carbocycles. The van der Waals surface area contributed by atoms with Gasteiger partial charge < -0.3 is 4.74 Å². The van der Waals surface area contributed by atoms with E-state index in [1.807, 2.05) is 0 Å². The van der Waals surface area contributed by atoms with E-state index in [9.17, 15) is 26.4 Å². The molecule has 8 heteroatoms. The Labute approximate surface area is 166 Å². The number of carbonyl (C=O) groups is 1. The topological polar surface area (TPSA) is 60.4 Å². The molecule has 1 atom stereocenters. The second-order valence-corrected chi connectivity index (χ2v) is 9.11. The number of ketones is 1. The molecule has 4 nitrogen and oxygen atoms in total. The Balaban J connectivity index is 2.14. The maximum absolute atomic E-state index is 13.0. The summed E-state index contributed by atoms with van der Waals surface area (Å²) in [6.45, 7) is 3.40. The summed E-state index contributed by atoms with van der Waals surface area (Å²) >= 11 is 0. The van der Waals surface area contributed by atoms with Gasteiger partial charge in [-0.05, 0) is 55.3 Å². The number of benzene rings is 2. The van der Waals surface area contributed by atoms with Gasteiger partial charge in [0.2, 0.25) is 5.78 Å². The molecule has 2 aromatic rings. The lowest BCUT2D eigenvalue weighted by atomic mass is 9.89. The molecular formula is C21H19F3O4S. The number of hydrogen-bond acceptors (Lipinski definition) is 4. The van der Waals surface area contributed by atoms with Crippen molar-refractivity contribution in [3.63, 3.8) is 0 Å². The molecule has 0 aromatic heterocycles. The van der Waals surface area contributed by atoms with E-state index in [-0.39, 0.29) is 22.0 Å². The Hall–Kier alpha value is -2.61. The van der Waals surface area contributed by atoms with Crippen molar-refractivity contribution in [2.75, 3.05) is 6.26 Å². The van der Waals surface area contributed by atoms with Gasteiger partial charge in [0, 0.05) is 11.8 Å². The van der Waals surface area contributed by atoms with Crippen molar-refractivity contribution in [1.82, 2.24) is 0 Å². The highest BCUT2D eigenvalue weighted by molar-refractivity contribution is 7.90. The van der Waals surface area contributed by atoms with Crippen LogP contribution in [0.4, 0.5) is 13.2 Å². The normalized spacial score (nSPS) is 20.1. The summed E-state index contributed by atoms with van der Waals surface area (Å²) < 4.78 is 67.9. The summed E-state index contributed by atoms with van der Waals surface area (Å²) in [5.74, 6) is -0.110. The van der Waals surface area contributed by atoms with Crippen molar-refractivity contribution < 1.29 is 31.1 Å². The maximum atomic E-state index is 13.0. The number of hydrogen-bond donors (Lipinski definition) is 0. The molecule has 0 fully saturated rings. The molecular weight excluding hydrogens is 405 g/mol. The fraction of sp³-hybridized carbons (Fsp3) is 0.286. The van der Waals surface area contributed by atoms with Gasteiger partial charge in [-0.25, -0.2) is 8.42 Å². The van der Waals surface area contributed by atoms with Gasteiger partial charge in [0.1, 0.15) is 5.76 Å². The van der Waals surface area contributed by atoms with Crippen molar-refractivity contribution in [2.45, 2.75) is 36.9 Å². The minimum Gasteiger partial charge on any atom is -0.478 e. The highest BCUT2D eigenvalue weighted by Gasteiger charge is 2.45. The first-order valence-corrected chi connectivity index (χ1v) is 10.7. The Morgan fingerprint density at radius 3 is 1.93 bits per heavy atom. The summed E-state index contributed by atoms with van der Waals surface area (Å²) in [5.41, 5.74) is -1.01. The first kappa shape index (κ1) is 21.1. The molecule has 0 aliphatic carbocycles. The van der Waals surface area contributed by atoms with Crippen LogP contribution in [0.5, 0.6) is 0 Å². The Kier molecular flexibility index (Phi) is 5.11.